The topological polar surface area (TPSA) is 75.7 Å². The van der Waals surface area contributed by atoms with Crippen molar-refractivity contribution in [1.29, 1.82) is 0 Å². The first-order valence-corrected chi connectivity index (χ1v) is 10.3. The lowest BCUT2D eigenvalue weighted by Gasteiger charge is -2.19. The number of benzene rings is 2. The number of carbonyl (C=O) groups excluding carboxylic acids is 3. The number of hydrogen-bond donors (Lipinski definition) is 1. The quantitative estimate of drug-likeness (QED) is 0.289. The first-order valence-electron chi connectivity index (χ1n) is 9.36. The molecule has 0 saturated carbocycles. The molecule has 0 fully saturated rings. The Bertz CT molecular complexity index is 852. The van der Waals surface area contributed by atoms with Gasteiger partial charge in [-0.15, -0.1) is 11.8 Å². The Hall–Kier alpha value is -2.80. The second kappa shape index (κ2) is 11.3. The summed E-state index contributed by atoms with van der Waals surface area (Å²) in [5.41, 5.74) is 1.63. The van der Waals surface area contributed by atoms with Crippen molar-refractivity contribution in [1.82, 2.24) is 4.90 Å². The number of hydrogen-bond acceptors (Lipinski definition) is 5. The van der Waals surface area contributed by atoms with Gasteiger partial charge in [-0.1, -0.05) is 18.2 Å². The number of anilines is 1. The highest BCUT2D eigenvalue weighted by atomic mass is 32.2. The number of esters is 1. The maximum absolute atomic E-state index is 12.4. The fraction of sp³-hybridized carbons (Fsp3) is 0.318. The summed E-state index contributed by atoms with van der Waals surface area (Å²) in [5.74, 6) is 0.929. The lowest BCUT2D eigenvalue weighted by molar-refractivity contribution is -0.132. The Morgan fingerprint density at radius 3 is 2.38 bits per heavy atom. The minimum atomic E-state index is -0.340. The molecule has 6 nitrogen and oxygen atoms in total. The maximum atomic E-state index is 12.4. The van der Waals surface area contributed by atoms with E-state index >= 15 is 0 Å². The van der Waals surface area contributed by atoms with E-state index in [2.05, 4.69) is 5.32 Å². The Morgan fingerprint density at radius 1 is 1.03 bits per heavy atom. The molecule has 2 aromatic rings. The van der Waals surface area contributed by atoms with Crippen LogP contribution < -0.4 is 10.1 Å². The molecule has 0 spiro atoms. The highest BCUT2D eigenvalue weighted by Crippen LogP contribution is 2.23. The molecule has 0 saturated heterocycles. The molecule has 0 atom stereocenters. The number of amides is 2. The van der Waals surface area contributed by atoms with E-state index in [-0.39, 0.29) is 17.8 Å². The average Bonchev–Trinajstić information content (AvgIpc) is 2.67. The molecule has 0 radical (unpaired) electrons. The fourth-order valence-corrected chi connectivity index (χ4v) is 3.54. The molecule has 2 amide bonds. The van der Waals surface area contributed by atoms with Crippen molar-refractivity contribution in [3.8, 4) is 5.75 Å². The largest absolute Gasteiger partial charge is 0.427 e. The SMILES string of the molecule is CC(=O)Nc1ccccc1CN(C)C(=O)CCCSc1ccc(OC(C)=O)cc1. The minimum absolute atomic E-state index is 0.0634. The van der Waals surface area contributed by atoms with Crippen LogP contribution in [0, 0.1) is 0 Å². The van der Waals surface area contributed by atoms with Gasteiger partial charge in [0, 0.05) is 44.4 Å². The summed E-state index contributed by atoms with van der Waals surface area (Å²) in [4.78, 5) is 37.4. The van der Waals surface area contributed by atoms with Crippen molar-refractivity contribution in [3.63, 3.8) is 0 Å². The number of nitrogens with zero attached hydrogens (tertiary/aromatic N) is 1. The Balaban J connectivity index is 1.76. The first-order chi connectivity index (χ1) is 13.8. The highest BCUT2D eigenvalue weighted by Gasteiger charge is 2.12. The molecule has 0 bridgehead atoms. The molecule has 7 heteroatoms. The van der Waals surface area contributed by atoms with Crippen LogP contribution in [0.2, 0.25) is 0 Å². The van der Waals surface area contributed by atoms with E-state index in [0.29, 0.717) is 18.7 Å². The number of carbonyl (C=O) groups is 3. The average molecular weight is 415 g/mol. The zero-order chi connectivity index (χ0) is 21.2. The van der Waals surface area contributed by atoms with Gasteiger partial charge in [0.05, 0.1) is 0 Å². The summed E-state index contributed by atoms with van der Waals surface area (Å²) in [6.45, 7) is 3.28. The van der Waals surface area contributed by atoms with E-state index in [0.717, 1.165) is 28.3 Å². The van der Waals surface area contributed by atoms with Crippen LogP contribution in [0.3, 0.4) is 0 Å². The lowest BCUT2D eigenvalue weighted by atomic mass is 10.1. The van der Waals surface area contributed by atoms with E-state index in [4.69, 9.17) is 4.74 Å². The molecule has 0 unspecified atom stereocenters. The van der Waals surface area contributed by atoms with Gasteiger partial charge < -0.3 is 15.0 Å². The summed E-state index contributed by atoms with van der Waals surface area (Å²) in [6, 6.07) is 14.8. The summed E-state index contributed by atoms with van der Waals surface area (Å²) < 4.78 is 5.01. The fourth-order valence-electron chi connectivity index (χ4n) is 2.69. The maximum Gasteiger partial charge on any atom is 0.308 e. The van der Waals surface area contributed by atoms with Gasteiger partial charge in [0.15, 0.2) is 0 Å². The third kappa shape index (κ3) is 7.99. The van der Waals surface area contributed by atoms with Gasteiger partial charge in [-0.25, -0.2) is 0 Å². The number of rotatable bonds is 9. The van der Waals surface area contributed by atoms with Crippen LogP contribution in [-0.2, 0) is 20.9 Å². The number of ether oxygens (including phenoxy) is 1. The van der Waals surface area contributed by atoms with Crippen LogP contribution in [0.15, 0.2) is 53.4 Å². The van der Waals surface area contributed by atoms with E-state index in [1.54, 1.807) is 35.8 Å². The Kier molecular flexibility index (Phi) is 8.73. The van der Waals surface area contributed by atoms with Gasteiger partial charge in [0.25, 0.3) is 0 Å². The van der Waals surface area contributed by atoms with E-state index in [1.165, 1.54) is 13.8 Å². The third-order valence-electron chi connectivity index (χ3n) is 4.05. The van der Waals surface area contributed by atoms with Crippen molar-refractivity contribution in [2.75, 3.05) is 18.1 Å². The van der Waals surface area contributed by atoms with E-state index in [1.807, 2.05) is 36.4 Å². The minimum Gasteiger partial charge on any atom is -0.427 e. The molecule has 0 aromatic heterocycles. The van der Waals surface area contributed by atoms with E-state index in [9.17, 15) is 14.4 Å². The van der Waals surface area contributed by atoms with Crippen molar-refractivity contribution in [3.05, 3.63) is 54.1 Å². The van der Waals surface area contributed by atoms with Gasteiger partial charge in [0.1, 0.15) is 5.75 Å². The lowest BCUT2D eigenvalue weighted by Crippen LogP contribution is -2.26. The normalized spacial score (nSPS) is 10.3. The molecular formula is C22H26N2O4S. The molecule has 2 rings (SSSR count). The van der Waals surface area contributed by atoms with Gasteiger partial charge >= 0.3 is 5.97 Å². The predicted molar refractivity (Wildman–Crippen MR) is 115 cm³/mol. The van der Waals surface area contributed by atoms with Crippen molar-refractivity contribution >= 4 is 35.2 Å². The molecule has 0 aliphatic heterocycles. The second-order valence-electron chi connectivity index (χ2n) is 6.61. The second-order valence-corrected chi connectivity index (χ2v) is 7.77. The van der Waals surface area contributed by atoms with Crippen molar-refractivity contribution < 1.29 is 19.1 Å². The summed E-state index contributed by atoms with van der Waals surface area (Å²) in [6.07, 6.45) is 1.21. The van der Waals surface area contributed by atoms with Gasteiger partial charge in [-0.2, -0.15) is 0 Å². The monoisotopic (exact) mass is 414 g/mol. The van der Waals surface area contributed by atoms with Gasteiger partial charge in [0.2, 0.25) is 11.8 Å². The van der Waals surface area contributed by atoms with Crippen molar-refractivity contribution in [2.45, 2.75) is 38.1 Å². The highest BCUT2D eigenvalue weighted by molar-refractivity contribution is 7.99. The summed E-state index contributed by atoms with van der Waals surface area (Å²) in [7, 11) is 1.77. The van der Waals surface area contributed by atoms with Crippen LogP contribution in [0.4, 0.5) is 5.69 Å². The molecule has 2 aromatic carbocycles. The smallest absolute Gasteiger partial charge is 0.308 e. The number of para-hydroxylation sites is 1. The Morgan fingerprint density at radius 2 is 1.72 bits per heavy atom. The zero-order valence-electron chi connectivity index (χ0n) is 16.9. The van der Waals surface area contributed by atoms with Gasteiger partial charge in [-0.05, 0) is 48.1 Å². The molecule has 0 aliphatic carbocycles. The van der Waals surface area contributed by atoms with Crippen LogP contribution in [0.5, 0.6) is 5.75 Å². The molecule has 29 heavy (non-hydrogen) atoms. The first kappa shape index (κ1) is 22.5. The standard InChI is InChI=1S/C22H26N2O4S/c1-16(25)23-21-8-5-4-7-18(21)15-24(3)22(27)9-6-14-29-20-12-10-19(11-13-20)28-17(2)26/h4-5,7-8,10-13H,6,9,14-15H2,1-3H3,(H,23,25). The number of nitrogens with one attached hydrogen (secondary N) is 1. The number of thioether (sulfide) groups is 1. The third-order valence-corrected chi connectivity index (χ3v) is 5.15. The van der Waals surface area contributed by atoms with Crippen LogP contribution in [-0.4, -0.2) is 35.5 Å². The van der Waals surface area contributed by atoms with E-state index < -0.39 is 0 Å². The van der Waals surface area contributed by atoms with Crippen LogP contribution in [0.1, 0.15) is 32.3 Å². The summed E-state index contributed by atoms with van der Waals surface area (Å²) >= 11 is 1.66. The summed E-state index contributed by atoms with van der Waals surface area (Å²) in [5, 5.41) is 2.79. The molecule has 1 N–H and O–H groups in total. The van der Waals surface area contributed by atoms with Crippen LogP contribution in [0.25, 0.3) is 0 Å². The molecule has 0 aliphatic rings. The molecule has 0 heterocycles. The van der Waals surface area contributed by atoms with Crippen molar-refractivity contribution in [2.24, 2.45) is 0 Å². The Labute approximate surface area is 175 Å². The predicted octanol–water partition coefficient (Wildman–Crippen LogP) is 4.10. The molecular weight excluding hydrogens is 388 g/mol. The zero-order valence-corrected chi connectivity index (χ0v) is 17.8. The van der Waals surface area contributed by atoms with Crippen LogP contribution >= 0.6 is 11.8 Å². The molecule has 154 valence electrons. The van der Waals surface area contributed by atoms with Gasteiger partial charge in [-0.3, -0.25) is 14.4 Å².